The van der Waals surface area contributed by atoms with E-state index in [0.717, 1.165) is 17.8 Å². The Morgan fingerprint density at radius 3 is 2.68 bits per heavy atom. The Labute approximate surface area is 176 Å². The third-order valence-corrected chi connectivity index (χ3v) is 4.78. The summed E-state index contributed by atoms with van der Waals surface area (Å²) in [6.45, 7) is 4.12. The first-order chi connectivity index (χ1) is 15.1. The van der Waals surface area contributed by atoms with Gasteiger partial charge in [-0.2, -0.15) is 10.1 Å². The maximum Gasteiger partial charge on any atom is 0.316 e. The number of aromatic nitrogens is 4. The van der Waals surface area contributed by atoms with E-state index in [4.69, 9.17) is 9.26 Å². The molecule has 3 aromatic rings. The first-order valence-corrected chi connectivity index (χ1v) is 9.83. The molecular formula is C20H21FN6O4. The van der Waals surface area contributed by atoms with Gasteiger partial charge in [0.25, 0.3) is 5.56 Å². The second-order valence-corrected chi connectivity index (χ2v) is 6.95. The van der Waals surface area contributed by atoms with Crippen LogP contribution in [0.5, 0.6) is 0 Å². The zero-order valence-corrected chi connectivity index (χ0v) is 16.7. The molecule has 11 heteroatoms. The Hall–Kier alpha value is -3.44. The highest BCUT2D eigenvalue weighted by atomic mass is 19.1. The van der Waals surface area contributed by atoms with Gasteiger partial charge >= 0.3 is 11.8 Å². The maximum atomic E-state index is 13.1. The van der Waals surface area contributed by atoms with E-state index in [2.05, 4.69) is 25.5 Å². The molecule has 0 unspecified atom stereocenters. The third-order valence-electron chi connectivity index (χ3n) is 4.78. The average molecular weight is 428 g/mol. The summed E-state index contributed by atoms with van der Waals surface area (Å²) in [6.07, 6.45) is 0. The second-order valence-electron chi connectivity index (χ2n) is 6.95. The number of ether oxygens (including phenoxy) is 1. The van der Waals surface area contributed by atoms with Crippen molar-refractivity contribution in [3.8, 4) is 11.3 Å². The summed E-state index contributed by atoms with van der Waals surface area (Å²) in [5, 5.41) is 10.8. The van der Waals surface area contributed by atoms with Crippen molar-refractivity contribution in [2.24, 2.45) is 0 Å². The van der Waals surface area contributed by atoms with Gasteiger partial charge < -0.3 is 14.6 Å². The molecule has 1 amide bonds. The summed E-state index contributed by atoms with van der Waals surface area (Å²) in [4.78, 5) is 30.6. The van der Waals surface area contributed by atoms with Crippen LogP contribution < -0.4 is 10.9 Å². The van der Waals surface area contributed by atoms with Crippen molar-refractivity contribution in [1.29, 1.82) is 0 Å². The topological polar surface area (TPSA) is 115 Å². The minimum absolute atomic E-state index is 0.0710. The van der Waals surface area contributed by atoms with Gasteiger partial charge in [-0.1, -0.05) is 5.16 Å². The van der Waals surface area contributed by atoms with Crippen molar-refractivity contribution in [2.45, 2.75) is 6.54 Å². The van der Waals surface area contributed by atoms with Gasteiger partial charge in [-0.15, -0.1) is 0 Å². The van der Waals surface area contributed by atoms with E-state index >= 15 is 0 Å². The highest BCUT2D eigenvalue weighted by molar-refractivity contribution is 5.89. The highest BCUT2D eigenvalue weighted by Gasteiger charge is 2.17. The van der Waals surface area contributed by atoms with Gasteiger partial charge in [0.2, 0.25) is 0 Å². The zero-order valence-electron chi connectivity index (χ0n) is 16.7. The minimum Gasteiger partial charge on any atom is -0.379 e. The Morgan fingerprint density at radius 1 is 1.13 bits per heavy atom. The number of hydrogen-bond acceptors (Lipinski definition) is 8. The standard InChI is InChI=1S/C20H21FN6O4/c21-15-3-1-14(2-4-15)16-5-6-18(28)27(24-16)13-17-23-20(31-25-17)19(29)22-7-8-26-9-11-30-12-10-26/h1-6H,7-13H2,(H,22,29). The van der Waals surface area contributed by atoms with Crippen molar-refractivity contribution in [3.63, 3.8) is 0 Å². The average Bonchev–Trinajstić information content (AvgIpc) is 3.25. The van der Waals surface area contributed by atoms with Crippen LogP contribution in [0.4, 0.5) is 4.39 Å². The van der Waals surface area contributed by atoms with Crippen LogP contribution in [0.15, 0.2) is 45.7 Å². The molecule has 1 aliphatic heterocycles. The normalized spacial score (nSPS) is 14.5. The molecule has 0 aliphatic carbocycles. The summed E-state index contributed by atoms with van der Waals surface area (Å²) in [5.41, 5.74) is 0.778. The van der Waals surface area contributed by atoms with Gasteiger partial charge in [0.1, 0.15) is 12.4 Å². The van der Waals surface area contributed by atoms with Crippen molar-refractivity contribution < 1.29 is 18.4 Å². The van der Waals surface area contributed by atoms with Gasteiger partial charge in [-0.3, -0.25) is 14.5 Å². The minimum atomic E-state index is -0.479. The number of halogens is 1. The summed E-state index contributed by atoms with van der Waals surface area (Å²) in [7, 11) is 0. The number of carbonyl (C=O) groups excluding carboxylic acids is 1. The molecule has 162 valence electrons. The van der Waals surface area contributed by atoms with Gasteiger partial charge in [-0.25, -0.2) is 9.07 Å². The molecule has 10 nitrogen and oxygen atoms in total. The van der Waals surface area contributed by atoms with Gasteiger partial charge in [0.15, 0.2) is 5.82 Å². The monoisotopic (exact) mass is 428 g/mol. The number of rotatable bonds is 7. The molecule has 2 aromatic heterocycles. The van der Waals surface area contributed by atoms with Crippen molar-refractivity contribution in [3.05, 3.63) is 64.3 Å². The van der Waals surface area contributed by atoms with E-state index < -0.39 is 5.91 Å². The predicted octanol–water partition coefficient (Wildman–Crippen LogP) is 0.543. The number of nitrogens with zero attached hydrogens (tertiary/aromatic N) is 5. The second kappa shape index (κ2) is 9.58. The first-order valence-electron chi connectivity index (χ1n) is 9.83. The largest absolute Gasteiger partial charge is 0.379 e. The number of carbonyl (C=O) groups is 1. The fourth-order valence-corrected chi connectivity index (χ4v) is 3.11. The van der Waals surface area contributed by atoms with E-state index in [9.17, 15) is 14.0 Å². The number of nitrogens with one attached hydrogen (secondary N) is 1. The molecule has 1 N–H and O–H groups in total. The van der Waals surface area contributed by atoms with Crippen molar-refractivity contribution in [1.82, 2.24) is 30.1 Å². The van der Waals surface area contributed by atoms with E-state index in [1.165, 1.54) is 18.2 Å². The number of benzene rings is 1. The molecule has 1 fully saturated rings. The Kier molecular flexibility index (Phi) is 6.43. The fourth-order valence-electron chi connectivity index (χ4n) is 3.11. The van der Waals surface area contributed by atoms with Crippen LogP contribution in [0, 0.1) is 5.82 Å². The van der Waals surface area contributed by atoms with E-state index in [1.807, 2.05) is 0 Å². The first kappa shape index (κ1) is 20.8. The van der Waals surface area contributed by atoms with Gasteiger partial charge in [0, 0.05) is 37.8 Å². The van der Waals surface area contributed by atoms with E-state index in [0.29, 0.717) is 37.6 Å². The highest BCUT2D eigenvalue weighted by Crippen LogP contribution is 2.15. The molecule has 0 spiro atoms. The quantitative estimate of drug-likeness (QED) is 0.580. The van der Waals surface area contributed by atoms with E-state index in [1.54, 1.807) is 18.2 Å². The number of morpholine rings is 1. The molecular weight excluding hydrogens is 407 g/mol. The third kappa shape index (κ3) is 5.38. The summed E-state index contributed by atoms with van der Waals surface area (Å²) < 4.78 is 24.6. The molecule has 3 heterocycles. The van der Waals surface area contributed by atoms with Crippen LogP contribution in [-0.2, 0) is 11.3 Å². The lowest BCUT2D eigenvalue weighted by atomic mass is 10.1. The fraction of sp³-hybridized carbons (Fsp3) is 0.350. The molecule has 4 rings (SSSR count). The van der Waals surface area contributed by atoms with Crippen LogP contribution in [0.2, 0.25) is 0 Å². The van der Waals surface area contributed by atoms with Crippen LogP contribution in [0.1, 0.15) is 16.5 Å². The van der Waals surface area contributed by atoms with Crippen LogP contribution in [0.3, 0.4) is 0 Å². The number of amides is 1. The van der Waals surface area contributed by atoms with Gasteiger partial charge in [-0.05, 0) is 30.3 Å². The molecule has 0 atom stereocenters. The Bertz CT molecular complexity index is 1090. The Morgan fingerprint density at radius 2 is 1.90 bits per heavy atom. The molecule has 0 bridgehead atoms. The molecule has 31 heavy (non-hydrogen) atoms. The van der Waals surface area contributed by atoms with Crippen LogP contribution in [-0.4, -0.2) is 70.1 Å². The maximum absolute atomic E-state index is 13.1. The molecule has 0 radical (unpaired) electrons. The zero-order chi connectivity index (χ0) is 21.6. The number of hydrogen-bond donors (Lipinski definition) is 1. The lowest BCUT2D eigenvalue weighted by molar-refractivity contribution is 0.0382. The summed E-state index contributed by atoms with van der Waals surface area (Å²) in [6, 6.07) is 8.67. The SMILES string of the molecule is O=C(NCCN1CCOCC1)c1nc(Cn2nc(-c3ccc(F)cc3)ccc2=O)no1. The summed E-state index contributed by atoms with van der Waals surface area (Å²) in [5.74, 6) is -0.879. The lowest BCUT2D eigenvalue weighted by Crippen LogP contribution is -2.41. The predicted molar refractivity (Wildman–Crippen MR) is 107 cm³/mol. The van der Waals surface area contributed by atoms with E-state index in [-0.39, 0.29) is 29.6 Å². The lowest BCUT2D eigenvalue weighted by Gasteiger charge is -2.26. The van der Waals surface area contributed by atoms with Gasteiger partial charge in [0.05, 0.1) is 18.9 Å². The van der Waals surface area contributed by atoms with Crippen molar-refractivity contribution in [2.75, 3.05) is 39.4 Å². The molecule has 1 saturated heterocycles. The summed E-state index contributed by atoms with van der Waals surface area (Å²) >= 11 is 0. The van der Waals surface area contributed by atoms with Crippen molar-refractivity contribution >= 4 is 5.91 Å². The van der Waals surface area contributed by atoms with Crippen LogP contribution >= 0.6 is 0 Å². The Balaban J connectivity index is 1.38. The smallest absolute Gasteiger partial charge is 0.316 e. The van der Waals surface area contributed by atoms with Crippen LogP contribution in [0.25, 0.3) is 11.3 Å². The molecule has 1 aliphatic rings. The molecule has 0 saturated carbocycles. The molecule has 1 aromatic carbocycles.